The number of pyridine rings is 1. The number of carbonyl (C=O) groups excluding carboxylic acids is 1. The van der Waals surface area contributed by atoms with E-state index in [9.17, 15) is 9.18 Å². The molecule has 2 N–H and O–H groups in total. The monoisotopic (exact) mass is 337 g/mol. The highest BCUT2D eigenvalue weighted by Gasteiger charge is 2.07. The molecule has 0 fully saturated rings. The van der Waals surface area contributed by atoms with E-state index in [1.54, 1.807) is 55.6 Å². The molecule has 0 aliphatic rings. The summed E-state index contributed by atoms with van der Waals surface area (Å²) in [6, 6.07) is 16.3. The van der Waals surface area contributed by atoms with Gasteiger partial charge in [-0.25, -0.2) is 9.37 Å². The molecule has 0 saturated carbocycles. The Hall–Kier alpha value is -3.41. The minimum atomic E-state index is -0.326. The fraction of sp³-hybridized carbons (Fsp3) is 0.0526. The lowest BCUT2D eigenvalue weighted by atomic mass is 10.2. The molecule has 0 radical (unpaired) electrons. The van der Waals surface area contributed by atoms with Crippen molar-refractivity contribution in [1.82, 2.24) is 4.98 Å². The minimum absolute atomic E-state index is 0.240. The topological polar surface area (TPSA) is 63.2 Å². The molecule has 6 heteroatoms. The molecule has 25 heavy (non-hydrogen) atoms. The van der Waals surface area contributed by atoms with Crippen molar-refractivity contribution in [3.05, 3.63) is 78.2 Å². The van der Waals surface area contributed by atoms with Crippen molar-refractivity contribution in [3.63, 3.8) is 0 Å². The number of benzene rings is 2. The summed E-state index contributed by atoms with van der Waals surface area (Å²) in [4.78, 5) is 16.4. The van der Waals surface area contributed by atoms with Crippen LogP contribution in [0.3, 0.4) is 0 Å². The van der Waals surface area contributed by atoms with E-state index in [1.165, 1.54) is 18.3 Å². The predicted octanol–water partition coefficient (Wildman–Crippen LogP) is 4.23. The lowest BCUT2D eigenvalue weighted by Crippen LogP contribution is -2.12. The van der Waals surface area contributed by atoms with E-state index < -0.39 is 0 Å². The van der Waals surface area contributed by atoms with Crippen LogP contribution in [0.2, 0.25) is 0 Å². The number of nitrogens with one attached hydrogen (secondary N) is 2. The van der Waals surface area contributed by atoms with Gasteiger partial charge in [0.1, 0.15) is 17.4 Å². The average Bonchev–Trinajstić information content (AvgIpc) is 2.63. The molecule has 0 spiro atoms. The number of hydrogen-bond donors (Lipinski definition) is 2. The van der Waals surface area contributed by atoms with E-state index in [1.807, 2.05) is 0 Å². The minimum Gasteiger partial charge on any atom is -0.497 e. The molecular weight excluding hydrogens is 321 g/mol. The molecular formula is C19H16FN3O2. The maximum atomic E-state index is 13.2. The quantitative estimate of drug-likeness (QED) is 0.731. The van der Waals surface area contributed by atoms with E-state index in [0.29, 0.717) is 28.5 Å². The van der Waals surface area contributed by atoms with Crippen LogP contribution in [0.25, 0.3) is 0 Å². The molecule has 2 aromatic carbocycles. The molecule has 3 aromatic rings. The summed E-state index contributed by atoms with van der Waals surface area (Å²) in [5.41, 5.74) is 1.68. The highest BCUT2D eigenvalue weighted by Crippen LogP contribution is 2.18. The van der Waals surface area contributed by atoms with Crippen LogP contribution in [-0.4, -0.2) is 18.0 Å². The van der Waals surface area contributed by atoms with Gasteiger partial charge < -0.3 is 15.4 Å². The number of halogens is 1. The number of rotatable bonds is 5. The second kappa shape index (κ2) is 7.44. The highest BCUT2D eigenvalue weighted by molar-refractivity contribution is 6.04. The molecule has 1 aromatic heterocycles. The first-order valence-electron chi connectivity index (χ1n) is 7.58. The Morgan fingerprint density at radius 3 is 2.48 bits per heavy atom. The number of nitrogens with zero attached hydrogens (tertiary/aromatic N) is 1. The normalized spacial score (nSPS) is 10.2. The summed E-state index contributed by atoms with van der Waals surface area (Å²) in [7, 11) is 1.57. The van der Waals surface area contributed by atoms with Gasteiger partial charge in [0.2, 0.25) is 0 Å². The average molecular weight is 337 g/mol. The van der Waals surface area contributed by atoms with E-state index in [2.05, 4.69) is 15.6 Å². The summed E-state index contributed by atoms with van der Waals surface area (Å²) in [5, 5.41) is 5.76. The van der Waals surface area contributed by atoms with Crippen LogP contribution in [0.1, 0.15) is 10.4 Å². The van der Waals surface area contributed by atoms with Gasteiger partial charge in [-0.1, -0.05) is 6.07 Å². The van der Waals surface area contributed by atoms with Gasteiger partial charge >= 0.3 is 0 Å². The Morgan fingerprint density at radius 2 is 1.84 bits per heavy atom. The zero-order valence-corrected chi connectivity index (χ0v) is 13.5. The molecule has 0 unspecified atom stereocenters. The van der Waals surface area contributed by atoms with Crippen molar-refractivity contribution in [2.75, 3.05) is 17.7 Å². The number of anilines is 3. The maximum absolute atomic E-state index is 13.2. The second-order valence-electron chi connectivity index (χ2n) is 5.25. The fourth-order valence-electron chi connectivity index (χ4n) is 2.20. The largest absolute Gasteiger partial charge is 0.497 e. The zero-order chi connectivity index (χ0) is 17.6. The standard InChI is InChI=1S/C19H16FN3O2/c1-25-17-8-5-13(6-9-17)19(24)23-16-7-10-18(21-12-16)22-15-4-2-3-14(20)11-15/h2-12H,1H3,(H,21,22)(H,23,24). The lowest BCUT2D eigenvalue weighted by Gasteiger charge is -2.08. The Kier molecular flexibility index (Phi) is 4.89. The summed E-state index contributed by atoms with van der Waals surface area (Å²) < 4.78 is 18.2. The van der Waals surface area contributed by atoms with Crippen molar-refractivity contribution in [1.29, 1.82) is 0 Å². The Bertz CT molecular complexity index is 865. The number of carbonyl (C=O) groups is 1. The van der Waals surface area contributed by atoms with Crippen LogP contribution in [0.5, 0.6) is 5.75 Å². The van der Waals surface area contributed by atoms with Crippen LogP contribution >= 0.6 is 0 Å². The Balaban J connectivity index is 1.64. The molecule has 5 nitrogen and oxygen atoms in total. The molecule has 3 rings (SSSR count). The van der Waals surface area contributed by atoms with Crippen LogP contribution in [0, 0.1) is 5.82 Å². The number of hydrogen-bond acceptors (Lipinski definition) is 4. The molecule has 0 aliphatic heterocycles. The number of amides is 1. The second-order valence-corrected chi connectivity index (χ2v) is 5.25. The van der Waals surface area contributed by atoms with Crippen molar-refractivity contribution < 1.29 is 13.9 Å². The summed E-state index contributed by atoms with van der Waals surface area (Å²) in [6.45, 7) is 0. The third kappa shape index (κ3) is 4.32. The van der Waals surface area contributed by atoms with Crippen molar-refractivity contribution in [2.45, 2.75) is 0 Å². The first-order valence-corrected chi connectivity index (χ1v) is 7.58. The molecule has 1 heterocycles. The summed E-state index contributed by atoms with van der Waals surface area (Å²) in [6.07, 6.45) is 1.53. The van der Waals surface area contributed by atoms with Gasteiger partial charge in [0, 0.05) is 11.3 Å². The fourth-order valence-corrected chi connectivity index (χ4v) is 2.20. The van der Waals surface area contributed by atoms with Gasteiger partial charge in [-0.2, -0.15) is 0 Å². The molecule has 0 aliphatic carbocycles. The molecule has 0 saturated heterocycles. The third-order valence-electron chi connectivity index (χ3n) is 3.47. The molecule has 126 valence electrons. The smallest absolute Gasteiger partial charge is 0.255 e. The maximum Gasteiger partial charge on any atom is 0.255 e. The Morgan fingerprint density at radius 1 is 1.04 bits per heavy atom. The summed E-state index contributed by atoms with van der Waals surface area (Å²) >= 11 is 0. The van der Waals surface area contributed by atoms with Gasteiger partial charge in [0.25, 0.3) is 5.91 Å². The van der Waals surface area contributed by atoms with E-state index in [0.717, 1.165) is 0 Å². The zero-order valence-electron chi connectivity index (χ0n) is 13.5. The van der Waals surface area contributed by atoms with E-state index in [-0.39, 0.29) is 11.7 Å². The molecule has 0 bridgehead atoms. The van der Waals surface area contributed by atoms with Gasteiger partial charge in [-0.05, 0) is 54.6 Å². The number of ether oxygens (including phenoxy) is 1. The SMILES string of the molecule is COc1ccc(C(=O)Nc2ccc(Nc3cccc(F)c3)nc2)cc1. The van der Waals surface area contributed by atoms with Crippen LogP contribution in [-0.2, 0) is 0 Å². The van der Waals surface area contributed by atoms with E-state index in [4.69, 9.17) is 4.74 Å². The van der Waals surface area contributed by atoms with Crippen molar-refractivity contribution in [2.24, 2.45) is 0 Å². The first-order chi connectivity index (χ1) is 12.1. The van der Waals surface area contributed by atoms with Crippen LogP contribution in [0.15, 0.2) is 66.9 Å². The molecule has 1 amide bonds. The third-order valence-corrected chi connectivity index (χ3v) is 3.47. The van der Waals surface area contributed by atoms with Gasteiger partial charge in [-0.15, -0.1) is 0 Å². The van der Waals surface area contributed by atoms with E-state index >= 15 is 0 Å². The number of methoxy groups -OCH3 is 1. The Labute approximate surface area is 144 Å². The summed E-state index contributed by atoms with van der Waals surface area (Å²) in [5.74, 6) is 0.669. The van der Waals surface area contributed by atoms with Gasteiger partial charge in [0.15, 0.2) is 0 Å². The van der Waals surface area contributed by atoms with Crippen LogP contribution < -0.4 is 15.4 Å². The number of aromatic nitrogens is 1. The lowest BCUT2D eigenvalue weighted by molar-refractivity contribution is 0.102. The molecule has 0 atom stereocenters. The van der Waals surface area contributed by atoms with Crippen LogP contribution in [0.4, 0.5) is 21.6 Å². The van der Waals surface area contributed by atoms with Gasteiger partial charge in [0.05, 0.1) is 19.0 Å². The van der Waals surface area contributed by atoms with Gasteiger partial charge in [-0.3, -0.25) is 4.79 Å². The van der Waals surface area contributed by atoms with Crippen molar-refractivity contribution in [3.8, 4) is 5.75 Å². The first kappa shape index (κ1) is 16.4. The predicted molar refractivity (Wildman–Crippen MR) is 94.9 cm³/mol. The highest BCUT2D eigenvalue weighted by atomic mass is 19.1. The van der Waals surface area contributed by atoms with Crippen molar-refractivity contribution >= 4 is 23.1 Å².